The van der Waals surface area contributed by atoms with Gasteiger partial charge >= 0.3 is 6.03 Å². The summed E-state index contributed by atoms with van der Waals surface area (Å²) in [5, 5.41) is 2.72. The van der Waals surface area contributed by atoms with E-state index in [0.29, 0.717) is 25.7 Å². The lowest BCUT2D eigenvalue weighted by Crippen LogP contribution is -2.49. The Balaban J connectivity index is 2.16. The van der Waals surface area contributed by atoms with Gasteiger partial charge in [0.25, 0.3) is 5.91 Å². The van der Waals surface area contributed by atoms with Crippen molar-refractivity contribution in [2.45, 2.75) is 38.1 Å². The molecular weight excluding hydrogens is 220 g/mol. The molecule has 0 aromatic carbocycles. The van der Waals surface area contributed by atoms with Gasteiger partial charge in [0.2, 0.25) is 0 Å². The van der Waals surface area contributed by atoms with Crippen molar-refractivity contribution in [3.05, 3.63) is 0 Å². The maximum Gasteiger partial charge on any atom is 0.325 e. The third-order valence-corrected chi connectivity index (χ3v) is 3.32. The molecule has 5 heteroatoms. The largest absolute Gasteiger partial charge is 0.325 e. The molecule has 17 heavy (non-hydrogen) atoms. The molecule has 1 saturated carbocycles. The number of urea groups is 1. The van der Waals surface area contributed by atoms with Gasteiger partial charge in [-0.3, -0.25) is 14.5 Å². The molecule has 90 valence electrons. The van der Waals surface area contributed by atoms with Gasteiger partial charge in [0.1, 0.15) is 11.3 Å². The normalized spacial score (nSPS) is 22.4. The Morgan fingerprint density at radius 2 is 1.94 bits per heavy atom. The van der Waals surface area contributed by atoms with Gasteiger partial charge in [0.15, 0.2) is 0 Å². The Labute approximate surface area is 99.5 Å². The smallest absolute Gasteiger partial charge is 0.323 e. The van der Waals surface area contributed by atoms with Crippen molar-refractivity contribution >= 4 is 17.7 Å². The molecule has 1 saturated heterocycles. The van der Waals surface area contributed by atoms with Crippen LogP contribution in [0.15, 0.2) is 0 Å². The molecule has 1 N–H and O–H groups in total. The number of Topliss-reactive ketones (excluding diaryl/α,β-unsaturated/α-hetero) is 1. The first-order valence-electron chi connectivity index (χ1n) is 5.64. The zero-order valence-electron chi connectivity index (χ0n) is 9.71. The van der Waals surface area contributed by atoms with E-state index in [-0.39, 0.29) is 18.2 Å². The summed E-state index contributed by atoms with van der Waals surface area (Å²) in [5.74, 6) is 5.28. The van der Waals surface area contributed by atoms with Crippen LogP contribution < -0.4 is 5.32 Å². The molecule has 5 nitrogen and oxygen atoms in total. The Morgan fingerprint density at radius 1 is 1.29 bits per heavy atom. The number of rotatable bonds is 1. The summed E-state index contributed by atoms with van der Waals surface area (Å²) < 4.78 is 0. The van der Waals surface area contributed by atoms with E-state index in [4.69, 9.17) is 0 Å². The van der Waals surface area contributed by atoms with Crippen LogP contribution in [-0.4, -0.2) is 34.7 Å². The third-order valence-electron chi connectivity index (χ3n) is 3.32. The quantitative estimate of drug-likeness (QED) is 0.529. The number of carbonyl (C=O) groups excluding carboxylic acids is 3. The molecule has 2 rings (SSSR count). The van der Waals surface area contributed by atoms with Crippen molar-refractivity contribution in [2.24, 2.45) is 0 Å². The van der Waals surface area contributed by atoms with E-state index in [9.17, 15) is 14.4 Å². The summed E-state index contributed by atoms with van der Waals surface area (Å²) in [6, 6.07) is -0.396. The Morgan fingerprint density at radius 3 is 2.53 bits per heavy atom. The van der Waals surface area contributed by atoms with Crippen molar-refractivity contribution in [2.75, 3.05) is 6.54 Å². The highest BCUT2D eigenvalue weighted by molar-refractivity contribution is 6.08. The molecule has 0 bridgehead atoms. The van der Waals surface area contributed by atoms with Crippen LogP contribution in [0.25, 0.3) is 0 Å². The molecule has 1 heterocycles. The van der Waals surface area contributed by atoms with E-state index in [2.05, 4.69) is 17.2 Å². The lowest BCUT2D eigenvalue weighted by atomic mass is 9.81. The summed E-state index contributed by atoms with van der Waals surface area (Å²) in [6.07, 6.45) is 1.54. The molecule has 3 amide bonds. The van der Waals surface area contributed by atoms with Crippen molar-refractivity contribution in [1.29, 1.82) is 0 Å². The lowest BCUT2D eigenvalue weighted by molar-refractivity contribution is -0.133. The zero-order valence-corrected chi connectivity index (χ0v) is 9.71. The Bertz CT molecular complexity index is 434. The van der Waals surface area contributed by atoms with Gasteiger partial charge in [0.05, 0.1) is 6.54 Å². The lowest BCUT2D eigenvalue weighted by Gasteiger charge is -2.29. The summed E-state index contributed by atoms with van der Waals surface area (Å²) in [6.45, 7) is 1.78. The highest BCUT2D eigenvalue weighted by Gasteiger charge is 2.52. The van der Waals surface area contributed by atoms with Crippen molar-refractivity contribution in [3.63, 3.8) is 0 Å². The van der Waals surface area contributed by atoms with E-state index < -0.39 is 11.6 Å². The summed E-state index contributed by atoms with van der Waals surface area (Å²) in [4.78, 5) is 36.2. The number of hydrogen-bond acceptors (Lipinski definition) is 3. The minimum absolute atomic E-state index is 0.122. The topological polar surface area (TPSA) is 66.5 Å². The van der Waals surface area contributed by atoms with E-state index in [1.165, 1.54) is 0 Å². The van der Waals surface area contributed by atoms with E-state index in [1.807, 2.05) is 0 Å². The number of imide groups is 1. The van der Waals surface area contributed by atoms with Crippen LogP contribution in [0.4, 0.5) is 4.79 Å². The number of hydrogen-bond donors (Lipinski definition) is 1. The molecule has 0 aromatic heterocycles. The fourth-order valence-electron chi connectivity index (χ4n) is 2.27. The monoisotopic (exact) mass is 234 g/mol. The predicted octanol–water partition coefficient (Wildman–Crippen LogP) is 0.443. The third kappa shape index (κ3) is 1.91. The van der Waals surface area contributed by atoms with E-state index >= 15 is 0 Å². The molecule has 0 radical (unpaired) electrons. The van der Waals surface area contributed by atoms with Crippen molar-refractivity contribution in [3.8, 4) is 11.8 Å². The molecule has 2 aliphatic rings. The molecule has 0 aromatic rings. The summed E-state index contributed by atoms with van der Waals surface area (Å²) in [5.41, 5.74) is -0.847. The number of carbonyl (C=O) groups is 3. The van der Waals surface area contributed by atoms with Gasteiger partial charge in [-0.15, -0.1) is 5.92 Å². The van der Waals surface area contributed by atoms with Gasteiger partial charge in [-0.05, 0) is 19.8 Å². The fraction of sp³-hybridized carbons (Fsp3) is 0.583. The number of nitrogens with one attached hydrogen (secondary N) is 1. The minimum atomic E-state index is -0.847. The first-order valence-corrected chi connectivity index (χ1v) is 5.64. The summed E-state index contributed by atoms with van der Waals surface area (Å²) in [7, 11) is 0. The molecule has 1 aliphatic carbocycles. The van der Waals surface area contributed by atoms with Crippen LogP contribution in [-0.2, 0) is 9.59 Å². The maximum atomic E-state index is 12.2. The van der Waals surface area contributed by atoms with Crippen LogP contribution in [0.5, 0.6) is 0 Å². The van der Waals surface area contributed by atoms with Gasteiger partial charge in [-0.1, -0.05) is 5.92 Å². The average molecular weight is 234 g/mol. The molecule has 2 fully saturated rings. The first-order chi connectivity index (χ1) is 8.09. The fourth-order valence-corrected chi connectivity index (χ4v) is 2.27. The van der Waals surface area contributed by atoms with Crippen LogP contribution in [0.1, 0.15) is 32.6 Å². The molecule has 0 unspecified atom stereocenters. The van der Waals surface area contributed by atoms with Gasteiger partial charge < -0.3 is 5.32 Å². The van der Waals surface area contributed by atoms with Gasteiger partial charge in [-0.2, -0.15) is 0 Å². The van der Waals surface area contributed by atoms with E-state index in [1.54, 1.807) is 6.92 Å². The van der Waals surface area contributed by atoms with Crippen LogP contribution in [0.3, 0.4) is 0 Å². The Kier molecular flexibility index (Phi) is 2.88. The van der Waals surface area contributed by atoms with Gasteiger partial charge in [0, 0.05) is 12.8 Å². The minimum Gasteiger partial charge on any atom is -0.323 e. The molecular formula is C12H14N2O3. The van der Waals surface area contributed by atoms with Crippen molar-refractivity contribution < 1.29 is 14.4 Å². The Hall–Kier alpha value is -1.83. The highest BCUT2D eigenvalue weighted by atomic mass is 16.2. The van der Waals surface area contributed by atoms with Crippen LogP contribution in [0.2, 0.25) is 0 Å². The molecule has 1 spiro atoms. The highest BCUT2D eigenvalue weighted by Crippen LogP contribution is 2.32. The number of nitrogens with zero attached hydrogens (tertiary/aromatic N) is 1. The van der Waals surface area contributed by atoms with Crippen LogP contribution >= 0.6 is 0 Å². The standard InChI is InChI=1S/C12H14N2O3/c1-2-3-8-14-10(16)12(13-11(14)17)6-4-9(15)5-7-12/h4-8H2,1H3,(H,13,17). The second-order valence-electron chi connectivity index (χ2n) is 4.37. The van der Waals surface area contributed by atoms with E-state index in [0.717, 1.165) is 4.90 Å². The summed E-state index contributed by atoms with van der Waals surface area (Å²) >= 11 is 0. The predicted molar refractivity (Wildman–Crippen MR) is 59.9 cm³/mol. The maximum absolute atomic E-state index is 12.2. The SMILES string of the molecule is CC#CCN1C(=O)NC2(CCC(=O)CC2)C1=O. The zero-order chi connectivity index (χ0) is 12.5. The second-order valence-corrected chi connectivity index (χ2v) is 4.37. The molecule has 1 aliphatic heterocycles. The van der Waals surface area contributed by atoms with Crippen molar-refractivity contribution in [1.82, 2.24) is 10.2 Å². The number of amides is 3. The second kappa shape index (κ2) is 4.21. The van der Waals surface area contributed by atoms with Crippen LogP contribution in [0, 0.1) is 11.8 Å². The molecule has 0 atom stereocenters. The van der Waals surface area contributed by atoms with Gasteiger partial charge in [-0.25, -0.2) is 4.79 Å². The average Bonchev–Trinajstić information content (AvgIpc) is 2.54. The number of ketones is 1. The first kappa shape index (κ1) is 11.6.